The molecule has 10 N–H and O–H groups in total. The Morgan fingerprint density at radius 1 is 0.894 bits per heavy atom. The molecule has 1 aromatic heterocycles. The summed E-state index contributed by atoms with van der Waals surface area (Å²) in [7, 11) is 1.43. The average Bonchev–Trinajstić information content (AvgIpc) is 3.28. The number of likely N-dealkylation sites (N-methyl/N-ethyl adjacent to an activating group) is 1. The first-order valence-corrected chi connectivity index (χ1v) is 22.0. The zero-order valence-corrected chi connectivity index (χ0v) is 38.7. The van der Waals surface area contributed by atoms with Crippen LogP contribution in [0.4, 0.5) is 0 Å². The summed E-state index contributed by atoms with van der Waals surface area (Å²) in [4.78, 5) is 76.6. The van der Waals surface area contributed by atoms with Crippen LogP contribution in [-0.2, 0) is 31.0 Å². The number of ether oxygens (including phenoxy) is 2. The summed E-state index contributed by atoms with van der Waals surface area (Å²) < 4.78 is 12.2. The van der Waals surface area contributed by atoms with Crippen molar-refractivity contribution in [1.82, 2.24) is 31.2 Å². The van der Waals surface area contributed by atoms with Gasteiger partial charge in [0.05, 0.1) is 23.0 Å². The second-order valence-electron chi connectivity index (χ2n) is 17.3. The highest BCUT2D eigenvalue weighted by Crippen LogP contribution is 2.40. The summed E-state index contributed by atoms with van der Waals surface area (Å²) in [5.74, 6) is -2.46. The lowest BCUT2D eigenvalue weighted by atomic mass is 9.86. The van der Waals surface area contributed by atoms with E-state index in [4.69, 9.17) is 31.7 Å². The van der Waals surface area contributed by atoms with E-state index >= 15 is 0 Å². The van der Waals surface area contributed by atoms with Gasteiger partial charge in [-0.2, -0.15) is 5.26 Å². The van der Waals surface area contributed by atoms with E-state index in [0.29, 0.717) is 56.3 Å². The lowest BCUT2D eigenvalue weighted by Gasteiger charge is -2.32. The van der Waals surface area contributed by atoms with Gasteiger partial charge in [-0.3, -0.25) is 29.0 Å². The van der Waals surface area contributed by atoms with Gasteiger partial charge in [-0.05, 0) is 91.7 Å². The lowest BCUT2D eigenvalue weighted by Crippen LogP contribution is -2.56. The van der Waals surface area contributed by atoms with Crippen molar-refractivity contribution in [2.45, 2.75) is 84.0 Å². The Labute approximate surface area is 386 Å². The Kier molecular flexibility index (Phi) is 17.0. The summed E-state index contributed by atoms with van der Waals surface area (Å²) in [6.45, 7) is 11.8. The number of carbonyl (C=O) groups excluding carboxylic acids is 5. The Hall–Kier alpha value is -6.87. The predicted octanol–water partition coefficient (Wildman–Crippen LogP) is 2.84. The number of carbonyl (C=O) groups is 5. The largest absolute Gasteiger partial charge is 0.492 e. The fraction of sp³-hybridized carbons (Fsp3) is 0.408. The van der Waals surface area contributed by atoms with Crippen LogP contribution in [0.25, 0.3) is 22.4 Å². The van der Waals surface area contributed by atoms with Crippen LogP contribution in [0, 0.1) is 25.2 Å². The molecular weight excluding hydrogens is 841 g/mol. The third-order valence-corrected chi connectivity index (χ3v) is 11.3. The van der Waals surface area contributed by atoms with Crippen molar-refractivity contribution in [3.63, 3.8) is 0 Å². The Balaban J connectivity index is 1.57. The van der Waals surface area contributed by atoms with Crippen molar-refractivity contribution in [2.75, 3.05) is 46.4 Å². The third-order valence-electron chi connectivity index (χ3n) is 11.3. The van der Waals surface area contributed by atoms with E-state index in [1.54, 1.807) is 50.2 Å². The minimum absolute atomic E-state index is 0.00530. The van der Waals surface area contributed by atoms with Gasteiger partial charge < -0.3 is 52.8 Å². The maximum atomic E-state index is 14.7. The van der Waals surface area contributed by atoms with Crippen molar-refractivity contribution in [3.8, 4) is 40.0 Å². The summed E-state index contributed by atoms with van der Waals surface area (Å²) >= 11 is 0. The first-order valence-electron chi connectivity index (χ1n) is 22.0. The Morgan fingerprint density at radius 3 is 2.12 bits per heavy atom. The molecule has 4 atom stereocenters. The van der Waals surface area contributed by atoms with Crippen LogP contribution in [0.2, 0.25) is 0 Å². The lowest BCUT2D eigenvalue weighted by molar-refractivity contribution is -0.141. The van der Waals surface area contributed by atoms with Crippen LogP contribution >= 0.6 is 0 Å². The number of hydrogen-bond donors (Lipinski definition) is 7. The molecule has 5 rings (SSSR count). The number of rotatable bonds is 15. The van der Waals surface area contributed by atoms with E-state index in [1.165, 1.54) is 24.4 Å². The molecule has 0 saturated carbocycles. The number of fused-ring (bicyclic) bond motifs is 5. The number of nitriles is 1. The first kappa shape index (κ1) is 50.1. The van der Waals surface area contributed by atoms with Crippen molar-refractivity contribution in [2.24, 2.45) is 17.2 Å². The van der Waals surface area contributed by atoms with Gasteiger partial charge in [0.1, 0.15) is 55.4 Å². The number of hydrogen-bond acceptors (Lipinski definition) is 12. The van der Waals surface area contributed by atoms with Crippen LogP contribution in [0.5, 0.6) is 11.5 Å². The van der Waals surface area contributed by atoms with Crippen molar-refractivity contribution < 1.29 is 33.4 Å². The van der Waals surface area contributed by atoms with E-state index in [1.807, 2.05) is 24.3 Å². The van der Waals surface area contributed by atoms with Gasteiger partial charge in [0, 0.05) is 43.2 Å². The number of aromatic nitrogens is 1. The molecule has 0 aliphatic carbocycles. The Bertz CT molecular complexity index is 2440. The molecule has 1 aliphatic heterocycles. The minimum Gasteiger partial charge on any atom is -0.492 e. The van der Waals surface area contributed by atoms with Crippen LogP contribution in [0.15, 0.2) is 66.7 Å². The van der Waals surface area contributed by atoms with Gasteiger partial charge in [-0.1, -0.05) is 57.2 Å². The molecule has 4 aromatic rings. The highest BCUT2D eigenvalue weighted by molar-refractivity contribution is 6.01. The van der Waals surface area contributed by atoms with Crippen molar-refractivity contribution >= 4 is 29.5 Å². The van der Waals surface area contributed by atoms with Crippen LogP contribution in [0.3, 0.4) is 0 Å². The van der Waals surface area contributed by atoms with Gasteiger partial charge in [0.2, 0.25) is 23.6 Å². The fourth-order valence-electron chi connectivity index (χ4n) is 7.82. The normalized spacial score (nSPS) is 16.7. The number of nitrogens with zero attached hydrogens (tertiary/aromatic N) is 3. The first-order chi connectivity index (χ1) is 31.4. The van der Waals surface area contributed by atoms with E-state index in [-0.39, 0.29) is 57.6 Å². The molecular formula is C49H62N10O7. The smallest absolute Gasteiger partial charge is 0.254 e. The van der Waals surface area contributed by atoms with E-state index in [0.717, 1.165) is 5.56 Å². The zero-order chi connectivity index (χ0) is 48.3. The molecule has 0 radical (unpaired) electrons. The van der Waals surface area contributed by atoms with Crippen molar-refractivity contribution in [1.29, 1.82) is 5.26 Å². The molecule has 0 spiro atoms. The molecule has 5 amide bonds. The SMILES string of the molecule is Cc1cc(-c2ccc(C(C)(C)C)cc2)nc(C)c1C(=O)N[C@@H](CCN)C(=O)N(C)[C@@H]1C(=O)NC(C)C(=O)N[C@H](C(=O)NCC#N)Cc2ccc(OCCN)c(c2)-c2cc1ccc2OCCN. The van der Waals surface area contributed by atoms with Gasteiger partial charge in [-0.15, -0.1) is 0 Å². The zero-order valence-electron chi connectivity index (χ0n) is 38.7. The maximum absolute atomic E-state index is 14.7. The molecule has 1 unspecified atom stereocenters. The summed E-state index contributed by atoms with van der Waals surface area (Å²) in [6.07, 6.45) is 0.0259. The summed E-state index contributed by atoms with van der Waals surface area (Å²) in [5, 5.41) is 20.0. The second kappa shape index (κ2) is 22.4. The quantitative estimate of drug-likeness (QED) is 0.0850. The summed E-state index contributed by atoms with van der Waals surface area (Å²) in [5.41, 5.74) is 23.8. The molecule has 350 valence electrons. The monoisotopic (exact) mass is 902 g/mol. The van der Waals surface area contributed by atoms with Crippen LogP contribution < -0.4 is 47.9 Å². The molecule has 2 heterocycles. The topological polar surface area (TPSA) is 270 Å². The Morgan fingerprint density at radius 2 is 1.53 bits per heavy atom. The number of amides is 5. The molecule has 17 nitrogen and oxygen atoms in total. The number of pyridine rings is 1. The maximum Gasteiger partial charge on any atom is 0.254 e. The second-order valence-corrected chi connectivity index (χ2v) is 17.3. The van der Waals surface area contributed by atoms with Gasteiger partial charge in [0.15, 0.2) is 0 Å². The van der Waals surface area contributed by atoms with E-state index < -0.39 is 53.7 Å². The van der Waals surface area contributed by atoms with Crippen molar-refractivity contribution in [3.05, 3.63) is 100 Å². The fourth-order valence-corrected chi connectivity index (χ4v) is 7.82. The molecule has 1 aliphatic rings. The van der Waals surface area contributed by atoms with Gasteiger partial charge >= 0.3 is 0 Å². The molecule has 66 heavy (non-hydrogen) atoms. The molecule has 0 fully saturated rings. The highest BCUT2D eigenvalue weighted by atomic mass is 16.5. The van der Waals surface area contributed by atoms with Gasteiger partial charge in [0.25, 0.3) is 5.91 Å². The van der Waals surface area contributed by atoms with Gasteiger partial charge in [-0.25, -0.2) is 0 Å². The predicted molar refractivity (Wildman–Crippen MR) is 251 cm³/mol. The number of benzene rings is 3. The number of nitrogens with two attached hydrogens (primary N) is 3. The molecule has 4 bridgehead atoms. The number of aryl methyl sites for hydroxylation is 2. The van der Waals surface area contributed by atoms with E-state index in [9.17, 15) is 29.2 Å². The standard InChI is InChI=1S/C49H62N10O7/c1-28-24-38(32-9-12-34(13-10-32)49(4,5)6)55-29(2)42(28)46(62)57-37(16-17-50)48(64)59(7)43-33-11-15-41(66-23-20-53)36(27-33)35-25-31(8-14-40(35)65-22-19-52)26-39(45(61)54-21-18-51)58-44(60)30(3)56-47(43)63/h8-15,24-25,27,30,37,39,43H,16-17,19-23,26,50,52-53H2,1-7H3,(H,54,61)(H,56,63)(H,57,62)(H,58,60)/t30?,37-,39-,43-/m0/s1. The third kappa shape index (κ3) is 12.1. The molecule has 17 heteroatoms. The highest BCUT2D eigenvalue weighted by Gasteiger charge is 2.36. The molecule has 0 saturated heterocycles. The van der Waals surface area contributed by atoms with Crippen LogP contribution in [-0.4, -0.2) is 104 Å². The number of nitrogens with one attached hydrogen (secondary N) is 4. The minimum atomic E-state index is -1.39. The average molecular weight is 903 g/mol. The summed E-state index contributed by atoms with van der Waals surface area (Å²) in [6, 6.07) is 17.1. The molecule has 3 aromatic carbocycles. The van der Waals surface area contributed by atoms with Crippen LogP contribution in [0.1, 0.15) is 78.5 Å². The van der Waals surface area contributed by atoms with E-state index in [2.05, 4.69) is 54.2 Å².